The number of imide groups is 1. The van der Waals surface area contributed by atoms with Crippen molar-refractivity contribution in [1.82, 2.24) is 20.4 Å². The fraction of sp³-hybridized carbons (Fsp3) is 0.500. The molecule has 1 aliphatic carbocycles. The Morgan fingerprint density at radius 2 is 2.04 bits per heavy atom. The predicted octanol–water partition coefficient (Wildman–Crippen LogP) is 3.30. The van der Waals surface area contributed by atoms with Gasteiger partial charge in [-0.15, -0.1) is 0 Å². The molecule has 7 heteroatoms. The molecule has 2 aliphatic rings. The third-order valence-corrected chi connectivity index (χ3v) is 5.88. The van der Waals surface area contributed by atoms with Crippen molar-refractivity contribution in [1.29, 1.82) is 0 Å². The van der Waals surface area contributed by atoms with E-state index in [1.54, 1.807) is 0 Å². The fourth-order valence-electron chi connectivity index (χ4n) is 4.10. The predicted molar refractivity (Wildman–Crippen MR) is 98.6 cm³/mol. The van der Waals surface area contributed by atoms with Gasteiger partial charge in [0.05, 0.1) is 0 Å². The van der Waals surface area contributed by atoms with Crippen molar-refractivity contribution in [2.24, 2.45) is 5.92 Å². The Kier molecular flexibility index (Phi) is 4.45. The van der Waals surface area contributed by atoms with Crippen LogP contribution in [0.3, 0.4) is 0 Å². The van der Waals surface area contributed by atoms with E-state index in [0.717, 1.165) is 31.2 Å². The van der Waals surface area contributed by atoms with Crippen LogP contribution in [0.25, 0.3) is 11.4 Å². The number of amides is 3. The van der Waals surface area contributed by atoms with E-state index in [1.165, 1.54) is 10.5 Å². The lowest BCUT2D eigenvalue weighted by atomic mass is 9.73. The van der Waals surface area contributed by atoms with Crippen LogP contribution in [-0.2, 0) is 17.8 Å². The number of carbonyl (C=O) groups is 2. The second-order valence-electron chi connectivity index (χ2n) is 7.50. The average Bonchev–Trinajstić information content (AvgIpc) is 3.24. The second-order valence-corrected chi connectivity index (χ2v) is 7.50. The number of aromatic nitrogens is 2. The van der Waals surface area contributed by atoms with E-state index >= 15 is 0 Å². The summed E-state index contributed by atoms with van der Waals surface area (Å²) in [6.45, 7) is 4.13. The molecule has 2 aromatic rings. The van der Waals surface area contributed by atoms with Gasteiger partial charge >= 0.3 is 6.03 Å². The van der Waals surface area contributed by atoms with Gasteiger partial charge < -0.3 is 9.84 Å². The molecule has 2 atom stereocenters. The highest BCUT2D eigenvalue weighted by atomic mass is 16.5. The molecule has 1 aromatic carbocycles. The molecule has 0 bridgehead atoms. The minimum Gasteiger partial charge on any atom is -0.337 e. The number of benzene rings is 1. The maximum atomic E-state index is 13.0. The highest BCUT2D eigenvalue weighted by Gasteiger charge is 2.55. The summed E-state index contributed by atoms with van der Waals surface area (Å²) in [6.07, 6.45) is 4.63. The fourth-order valence-corrected chi connectivity index (χ4v) is 4.10. The zero-order chi connectivity index (χ0) is 19.0. The zero-order valence-corrected chi connectivity index (χ0v) is 15.7. The molecule has 7 nitrogen and oxygen atoms in total. The van der Waals surface area contributed by atoms with Gasteiger partial charge in [-0.3, -0.25) is 9.69 Å². The zero-order valence-electron chi connectivity index (χ0n) is 15.7. The molecule has 0 radical (unpaired) electrons. The summed E-state index contributed by atoms with van der Waals surface area (Å²) < 4.78 is 5.30. The molecule has 1 N–H and O–H groups in total. The summed E-state index contributed by atoms with van der Waals surface area (Å²) >= 11 is 0. The second kappa shape index (κ2) is 6.79. The Hall–Kier alpha value is -2.70. The number of urea groups is 1. The van der Waals surface area contributed by atoms with Crippen LogP contribution in [0, 0.1) is 5.92 Å². The third-order valence-electron chi connectivity index (χ3n) is 5.88. The van der Waals surface area contributed by atoms with Gasteiger partial charge in [-0.25, -0.2) is 4.79 Å². The first kappa shape index (κ1) is 17.7. The first-order valence-electron chi connectivity index (χ1n) is 9.59. The maximum Gasteiger partial charge on any atom is 0.325 e. The summed E-state index contributed by atoms with van der Waals surface area (Å²) in [7, 11) is 0. The van der Waals surface area contributed by atoms with Gasteiger partial charge in [0.1, 0.15) is 12.1 Å². The molecule has 1 spiro atoms. The van der Waals surface area contributed by atoms with Crippen LogP contribution in [0.1, 0.15) is 51.0 Å². The van der Waals surface area contributed by atoms with E-state index in [-0.39, 0.29) is 30.3 Å². The lowest BCUT2D eigenvalue weighted by Crippen LogP contribution is -2.53. The smallest absolute Gasteiger partial charge is 0.325 e. The molecule has 1 saturated heterocycles. The third kappa shape index (κ3) is 3.01. The van der Waals surface area contributed by atoms with Crippen LogP contribution in [0.4, 0.5) is 4.79 Å². The van der Waals surface area contributed by atoms with Crippen LogP contribution >= 0.6 is 0 Å². The van der Waals surface area contributed by atoms with E-state index in [4.69, 9.17) is 4.52 Å². The van der Waals surface area contributed by atoms with E-state index < -0.39 is 5.54 Å². The normalized spacial score (nSPS) is 25.3. The van der Waals surface area contributed by atoms with Crippen molar-refractivity contribution in [2.75, 3.05) is 0 Å². The molecule has 2 fully saturated rings. The molecule has 27 heavy (non-hydrogen) atoms. The first-order valence-corrected chi connectivity index (χ1v) is 9.59. The Labute approximate surface area is 158 Å². The summed E-state index contributed by atoms with van der Waals surface area (Å²) in [6, 6.07) is 7.56. The average molecular weight is 368 g/mol. The molecular formula is C20H24N4O3. The topological polar surface area (TPSA) is 88.3 Å². The van der Waals surface area contributed by atoms with Crippen LogP contribution in [0.15, 0.2) is 28.8 Å². The molecule has 2 heterocycles. The standard InChI is InChI=1S/C20H24N4O3/c1-3-14-7-9-15(10-8-14)17-21-16(27-23-17)12-24-18(25)20(22-19(24)26)11-5-4-6-13(20)2/h7-10,13H,3-6,11-12H2,1-2H3,(H,22,26)/t13-,20-/m1/s1. The Morgan fingerprint density at radius 1 is 1.26 bits per heavy atom. The van der Waals surface area contributed by atoms with Gasteiger partial charge in [0, 0.05) is 5.56 Å². The van der Waals surface area contributed by atoms with Crippen LogP contribution in [-0.4, -0.2) is 32.5 Å². The highest BCUT2D eigenvalue weighted by molar-refractivity contribution is 6.07. The Bertz CT molecular complexity index is 860. The van der Waals surface area contributed by atoms with Crippen molar-refractivity contribution in [3.05, 3.63) is 35.7 Å². The Morgan fingerprint density at radius 3 is 2.74 bits per heavy atom. The highest BCUT2D eigenvalue weighted by Crippen LogP contribution is 2.38. The minimum absolute atomic E-state index is 0.000813. The van der Waals surface area contributed by atoms with E-state index in [1.807, 2.05) is 31.2 Å². The van der Waals surface area contributed by atoms with E-state index in [9.17, 15) is 9.59 Å². The van der Waals surface area contributed by atoms with Gasteiger partial charge in [-0.2, -0.15) is 4.98 Å². The molecule has 3 amide bonds. The van der Waals surface area contributed by atoms with Crippen LogP contribution in [0.5, 0.6) is 0 Å². The molecule has 4 rings (SSSR count). The molecule has 0 unspecified atom stereocenters. The first-order chi connectivity index (χ1) is 13.0. The minimum atomic E-state index is -0.770. The van der Waals surface area contributed by atoms with Crippen molar-refractivity contribution >= 4 is 11.9 Å². The molecule has 1 saturated carbocycles. The lowest BCUT2D eigenvalue weighted by Gasteiger charge is -2.36. The molecule has 142 valence electrons. The number of carbonyl (C=O) groups excluding carboxylic acids is 2. The number of hydrogen-bond donors (Lipinski definition) is 1. The van der Waals surface area contributed by atoms with E-state index in [0.29, 0.717) is 12.2 Å². The van der Waals surface area contributed by atoms with Gasteiger partial charge in [0.15, 0.2) is 0 Å². The number of aryl methyl sites for hydroxylation is 1. The number of rotatable bonds is 4. The summed E-state index contributed by atoms with van der Waals surface area (Å²) in [4.78, 5) is 31.0. The van der Waals surface area contributed by atoms with E-state index in [2.05, 4.69) is 22.4 Å². The largest absolute Gasteiger partial charge is 0.337 e. The molecular weight excluding hydrogens is 344 g/mol. The number of nitrogens with one attached hydrogen (secondary N) is 1. The Balaban J connectivity index is 1.52. The summed E-state index contributed by atoms with van der Waals surface area (Å²) in [5, 5.41) is 6.94. The maximum absolute atomic E-state index is 13.0. The van der Waals surface area contributed by atoms with Gasteiger partial charge in [0.25, 0.3) is 5.91 Å². The van der Waals surface area contributed by atoms with Crippen LogP contribution < -0.4 is 5.32 Å². The van der Waals surface area contributed by atoms with Gasteiger partial charge in [-0.05, 0) is 30.7 Å². The molecule has 1 aliphatic heterocycles. The van der Waals surface area contributed by atoms with Crippen molar-refractivity contribution in [3.8, 4) is 11.4 Å². The van der Waals surface area contributed by atoms with Gasteiger partial charge in [0.2, 0.25) is 11.7 Å². The van der Waals surface area contributed by atoms with Crippen molar-refractivity contribution in [3.63, 3.8) is 0 Å². The lowest BCUT2D eigenvalue weighted by molar-refractivity contribution is -0.134. The monoisotopic (exact) mass is 368 g/mol. The quantitative estimate of drug-likeness (QED) is 0.837. The SMILES string of the molecule is CCc1ccc(-c2noc(CN3C(=O)N[C@@]4(CCCC[C@H]4C)C3=O)n2)cc1. The van der Waals surface area contributed by atoms with Gasteiger partial charge in [-0.1, -0.05) is 56.1 Å². The molecule has 1 aromatic heterocycles. The van der Waals surface area contributed by atoms with Crippen molar-refractivity contribution in [2.45, 2.75) is 58.0 Å². The van der Waals surface area contributed by atoms with Crippen LogP contribution in [0.2, 0.25) is 0 Å². The number of nitrogens with zero attached hydrogens (tertiary/aromatic N) is 3. The number of hydrogen-bond acceptors (Lipinski definition) is 5. The summed E-state index contributed by atoms with van der Waals surface area (Å²) in [5.74, 6) is 0.670. The van der Waals surface area contributed by atoms with Crippen molar-refractivity contribution < 1.29 is 14.1 Å². The summed E-state index contributed by atoms with van der Waals surface area (Å²) in [5.41, 5.74) is 1.30.